The van der Waals surface area contributed by atoms with Gasteiger partial charge in [0.1, 0.15) is 5.82 Å². The fraction of sp³-hybridized carbons (Fsp3) is 0.346. The van der Waals surface area contributed by atoms with Crippen molar-refractivity contribution < 1.29 is 14.6 Å². The molecule has 0 amide bonds. The number of aliphatic hydroxyl groups is 1. The summed E-state index contributed by atoms with van der Waals surface area (Å²) in [6, 6.07) is 17.4. The van der Waals surface area contributed by atoms with Crippen molar-refractivity contribution in [1.82, 2.24) is 9.13 Å². The average molecular weight is 464 g/mol. The molecule has 34 heavy (non-hydrogen) atoms. The van der Waals surface area contributed by atoms with Crippen molar-refractivity contribution in [3.05, 3.63) is 86.6 Å². The molecule has 0 fully saturated rings. The van der Waals surface area contributed by atoms with E-state index in [2.05, 4.69) is 12.1 Å². The predicted octanol–water partition coefficient (Wildman–Crippen LogP) is 2.85. The van der Waals surface area contributed by atoms with Gasteiger partial charge in [0, 0.05) is 26.1 Å². The van der Waals surface area contributed by atoms with Crippen LogP contribution in [-0.4, -0.2) is 33.9 Å². The number of hydrogen-bond acceptors (Lipinski definition) is 6. The number of rotatable bonds is 7. The first-order valence-corrected chi connectivity index (χ1v) is 11.4. The van der Waals surface area contributed by atoms with E-state index >= 15 is 0 Å². The SMILES string of the molecule is COc1ccccc1OC1=Nc2c(c(=O)n(CCCO)c(=O)n2C)CCC1Cc1ccccc1. The Kier molecular flexibility index (Phi) is 7.27. The van der Waals surface area contributed by atoms with E-state index in [4.69, 9.17) is 14.5 Å². The molecule has 1 unspecified atom stereocenters. The lowest BCUT2D eigenvalue weighted by Crippen LogP contribution is -2.41. The molecule has 178 valence electrons. The monoisotopic (exact) mass is 463 g/mol. The van der Waals surface area contributed by atoms with Crippen LogP contribution in [0.3, 0.4) is 0 Å². The Balaban J connectivity index is 1.82. The van der Waals surface area contributed by atoms with Gasteiger partial charge < -0.3 is 14.6 Å². The third kappa shape index (κ3) is 4.82. The van der Waals surface area contributed by atoms with E-state index in [1.54, 1.807) is 20.2 Å². The van der Waals surface area contributed by atoms with Crippen molar-refractivity contribution in [3.63, 3.8) is 0 Å². The zero-order valence-corrected chi connectivity index (χ0v) is 19.4. The number of fused-ring (bicyclic) bond motifs is 1. The van der Waals surface area contributed by atoms with E-state index in [0.29, 0.717) is 54.5 Å². The Hall–Kier alpha value is -3.65. The van der Waals surface area contributed by atoms with Crippen LogP contribution in [0.4, 0.5) is 5.82 Å². The lowest BCUT2D eigenvalue weighted by atomic mass is 9.93. The summed E-state index contributed by atoms with van der Waals surface area (Å²) in [5, 5.41) is 9.18. The molecule has 0 saturated heterocycles. The van der Waals surface area contributed by atoms with Crippen LogP contribution in [0.2, 0.25) is 0 Å². The van der Waals surface area contributed by atoms with E-state index < -0.39 is 5.69 Å². The lowest BCUT2D eigenvalue weighted by molar-refractivity contribution is 0.277. The number of methoxy groups -OCH3 is 1. The molecule has 0 bridgehead atoms. The molecular weight excluding hydrogens is 434 g/mol. The fourth-order valence-electron chi connectivity index (χ4n) is 4.25. The molecule has 8 nitrogen and oxygen atoms in total. The minimum atomic E-state index is -0.459. The maximum absolute atomic E-state index is 13.2. The zero-order valence-electron chi connectivity index (χ0n) is 19.4. The summed E-state index contributed by atoms with van der Waals surface area (Å²) in [5.41, 5.74) is 0.798. The quantitative estimate of drug-likeness (QED) is 0.581. The summed E-state index contributed by atoms with van der Waals surface area (Å²) in [4.78, 5) is 30.9. The Labute approximate surface area is 197 Å². The highest BCUT2D eigenvalue weighted by atomic mass is 16.5. The van der Waals surface area contributed by atoms with Gasteiger partial charge in [0.2, 0.25) is 0 Å². The zero-order chi connectivity index (χ0) is 24.1. The largest absolute Gasteiger partial charge is 0.493 e. The van der Waals surface area contributed by atoms with Crippen LogP contribution in [-0.2, 0) is 26.4 Å². The van der Waals surface area contributed by atoms with Gasteiger partial charge in [-0.3, -0.25) is 13.9 Å². The molecule has 0 radical (unpaired) electrons. The number of nitrogens with zero attached hydrogens (tertiary/aromatic N) is 3. The molecule has 1 N–H and O–H groups in total. The van der Waals surface area contributed by atoms with Gasteiger partial charge in [0.15, 0.2) is 17.4 Å². The molecule has 0 aliphatic carbocycles. The Morgan fingerprint density at radius 2 is 1.76 bits per heavy atom. The third-order valence-electron chi connectivity index (χ3n) is 6.07. The molecule has 0 spiro atoms. The molecule has 0 saturated carbocycles. The van der Waals surface area contributed by atoms with E-state index in [-0.39, 0.29) is 24.6 Å². The summed E-state index contributed by atoms with van der Waals surface area (Å²) in [6.45, 7) is 0.0674. The minimum Gasteiger partial charge on any atom is -0.493 e. The van der Waals surface area contributed by atoms with E-state index in [9.17, 15) is 14.7 Å². The number of hydrogen-bond donors (Lipinski definition) is 1. The minimum absolute atomic E-state index is 0.0964. The number of aliphatic imine (C=N–C) groups is 1. The summed E-state index contributed by atoms with van der Waals surface area (Å²) in [5.74, 6) is 1.73. The predicted molar refractivity (Wildman–Crippen MR) is 130 cm³/mol. The molecule has 1 aromatic heterocycles. The molecule has 3 aromatic rings. The van der Waals surface area contributed by atoms with E-state index in [0.717, 1.165) is 5.56 Å². The van der Waals surface area contributed by atoms with Crippen LogP contribution in [0.5, 0.6) is 11.5 Å². The standard InChI is InChI=1S/C26H29N3O5/c1-28-23-20(25(31)29(26(28)32)15-8-16-30)14-13-19(17-18-9-4-3-5-10-18)24(27-23)34-22-12-7-6-11-21(22)33-2/h3-7,9-12,19,30H,8,13-17H2,1-2H3. The number of ether oxygens (including phenoxy) is 2. The highest BCUT2D eigenvalue weighted by Crippen LogP contribution is 2.31. The van der Waals surface area contributed by atoms with Crippen molar-refractivity contribution in [3.8, 4) is 11.5 Å². The van der Waals surface area contributed by atoms with Crippen LogP contribution in [0.1, 0.15) is 24.0 Å². The lowest BCUT2D eigenvalue weighted by Gasteiger charge is -2.19. The van der Waals surface area contributed by atoms with Crippen LogP contribution < -0.4 is 20.7 Å². The second kappa shape index (κ2) is 10.5. The van der Waals surface area contributed by atoms with Gasteiger partial charge in [-0.15, -0.1) is 0 Å². The third-order valence-corrected chi connectivity index (χ3v) is 6.07. The second-order valence-electron chi connectivity index (χ2n) is 8.31. The van der Waals surface area contributed by atoms with Gasteiger partial charge in [0.05, 0.1) is 12.7 Å². The normalized spacial score (nSPS) is 15.3. The van der Waals surface area contributed by atoms with Crippen molar-refractivity contribution in [2.45, 2.75) is 32.2 Å². The van der Waals surface area contributed by atoms with Crippen molar-refractivity contribution >= 4 is 11.7 Å². The van der Waals surface area contributed by atoms with Crippen LogP contribution in [0, 0.1) is 5.92 Å². The van der Waals surface area contributed by atoms with Gasteiger partial charge >= 0.3 is 5.69 Å². The van der Waals surface area contributed by atoms with Crippen LogP contribution >= 0.6 is 0 Å². The Morgan fingerprint density at radius 1 is 1.06 bits per heavy atom. The summed E-state index contributed by atoms with van der Waals surface area (Å²) < 4.78 is 14.3. The molecule has 1 aliphatic heterocycles. The smallest absolute Gasteiger partial charge is 0.332 e. The number of aliphatic hydroxyl groups excluding tert-OH is 1. The summed E-state index contributed by atoms with van der Waals surface area (Å²) >= 11 is 0. The van der Waals surface area contributed by atoms with Crippen LogP contribution in [0.15, 0.2) is 69.2 Å². The number of benzene rings is 2. The molecule has 1 atom stereocenters. The maximum atomic E-state index is 13.2. The van der Waals surface area contributed by atoms with Gasteiger partial charge in [-0.1, -0.05) is 42.5 Å². The first-order chi connectivity index (χ1) is 16.5. The number of aromatic nitrogens is 2. The number of para-hydroxylation sites is 2. The van der Waals surface area contributed by atoms with Crippen molar-refractivity contribution in [2.24, 2.45) is 18.0 Å². The van der Waals surface area contributed by atoms with Gasteiger partial charge in [-0.2, -0.15) is 4.99 Å². The van der Waals surface area contributed by atoms with Crippen molar-refractivity contribution in [1.29, 1.82) is 0 Å². The topological polar surface area (TPSA) is 95.1 Å². The Bertz CT molecular complexity index is 1290. The van der Waals surface area contributed by atoms with Gasteiger partial charge in [-0.05, 0) is 43.4 Å². The van der Waals surface area contributed by atoms with Crippen LogP contribution in [0.25, 0.3) is 0 Å². The summed E-state index contributed by atoms with van der Waals surface area (Å²) in [7, 11) is 3.18. The second-order valence-corrected chi connectivity index (χ2v) is 8.31. The molecule has 4 rings (SSSR count). The molecule has 2 heterocycles. The average Bonchev–Trinajstić information content (AvgIpc) is 3.03. The fourth-order valence-corrected chi connectivity index (χ4v) is 4.25. The van der Waals surface area contributed by atoms with E-state index in [1.807, 2.05) is 36.4 Å². The first kappa shape index (κ1) is 23.5. The van der Waals surface area contributed by atoms with Crippen molar-refractivity contribution in [2.75, 3.05) is 13.7 Å². The summed E-state index contributed by atoms with van der Waals surface area (Å²) in [6.07, 6.45) is 2.09. The maximum Gasteiger partial charge on any atom is 0.332 e. The van der Waals surface area contributed by atoms with Gasteiger partial charge in [-0.25, -0.2) is 4.79 Å². The molecule has 1 aliphatic rings. The molecule has 8 heteroatoms. The highest BCUT2D eigenvalue weighted by molar-refractivity contribution is 5.85. The Morgan fingerprint density at radius 3 is 2.47 bits per heavy atom. The van der Waals surface area contributed by atoms with Gasteiger partial charge in [0.25, 0.3) is 5.56 Å². The molecule has 2 aromatic carbocycles. The first-order valence-electron chi connectivity index (χ1n) is 11.4. The highest BCUT2D eigenvalue weighted by Gasteiger charge is 2.28. The molecular formula is C26H29N3O5. The van der Waals surface area contributed by atoms with E-state index in [1.165, 1.54) is 9.13 Å².